The molecule has 1 atom stereocenters. The van der Waals surface area contributed by atoms with Gasteiger partial charge in [0.15, 0.2) is 0 Å². The Hall–Kier alpha value is -2.30. The molecule has 2 aromatic rings. The molecule has 0 saturated carbocycles. The van der Waals surface area contributed by atoms with E-state index in [1.165, 1.54) is 0 Å². The quantitative estimate of drug-likeness (QED) is 0.745. The fraction of sp³-hybridized carbons (Fsp3) is 0.333. The van der Waals surface area contributed by atoms with Crippen molar-refractivity contribution in [3.8, 4) is 0 Å². The number of nitrogens with zero attached hydrogens (tertiary/aromatic N) is 1. The molecule has 0 aliphatic heterocycles. The van der Waals surface area contributed by atoms with E-state index in [9.17, 15) is 4.79 Å². The highest BCUT2D eigenvalue weighted by atomic mass is 16.2. The number of hydrogen-bond acceptors (Lipinski definition) is 4. The zero-order valence-electron chi connectivity index (χ0n) is 12.0. The molecule has 1 amide bonds. The monoisotopic (exact) mass is 272 g/mol. The van der Waals surface area contributed by atoms with Crippen molar-refractivity contribution < 1.29 is 4.79 Å². The molecule has 106 valence electrons. The molecule has 1 unspecified atom stereocenters. The van der Waals surface area contributed by atoms with Crippen LogP contribution in [-0.2, 0) is 4.79 Å². The fourth-order valence-electron chi connectivity index (χ4n) is 1.92. The molecule has 0 bridgehead atoms. The van der Waals surface area contributed by atoms with E-state index in [0.717, 1.165) is 10.9 Å². The van der Waals surface area contributed by atoms with Crippen molar-refractivity contribution in [2.75, 3.05) is 11.1 Å². The highest BCUT2D eigenvalue weighted by molar-refractivity contribution is 5.86. The molecule has 1 heterocycles. The molecule has 1 aromatic carbocycles. The Labute approximate surface area is 118 Å². The molecule has 5 heteroatoms. The van der Waals surface area contributed by atoms with E-state index in [4.69, 9.17) is 5.73 Å². The molecular weight excluding hydrogens is 252 g/mol. The van der Waals surface area contributed by atoms with Crippen LogP contribution in [0.3, 0.4) is 0 Å². The first-order valence-corrected chi connectivity index (χ1v) is 6.69. The lowest BCUT2D eigenvalue weighted by Crippen LogP contribution is -2.41. The third kappa shape index (κ3) is 3.38. The van der Waals surface area contributed by atoms with Crippen LogP contribution in [0.25, 0.3) is 10.9 Å². The van der Waals surface area contributed by atoms with E-state index in [1.54, 1.807) is 0 Å². The summed E-state index contributed by atoms with van der Waals surface area (Å²) >= 11 is 0. The van der Waals surface area contributed by atoms with Crippen molar-refractivity contribution in [3.05, 3.63) is 30.3 Å². The molecule has 20 heavy (non-hydrogen) atoms. The number of fused-ring (bicyclic) bond motifs is 1. The lowest BCUT2D eigenvalue weighted by atomic mass is 10.2. The molecule has 0 saturated heterocycles. The van der Waals surface area contributed by atoms with Gasteiger partial charge in [-0.2, -0.15) is 0 Å². The summed E-state index contributed by atoms with van der Waals surface area (Å²) in [5.74, 6) is 0.632. The van der Waals surface area contributed by atoms with Gasteiger partial charge in [0.2, 0.25) is 5.91 Å². The van der Waals surface area contributed by atoms with Crippen molar-refractivity contribution >= 4 is 28.3 Å². The lowest BCUT2D eigenvalue weighted by Gasteiger charge is -2.16. The van der Waals surface area contributed by atoms with Crippen LogP contribution in [0.2, 0.25) is 0 Å². The molecule has 5 nitrogen and oxygen atoms in total. The summed E-state index contributed by atoms with van der Waals surface area (Å²) in [6, 6.07) is 9.13. The predicted octanol–water partition coefficient (Wildman–Crippen LogP) is 2.14. The number of nitrogens with one attached hydrogen (secondary N) is 2. The number of benzene rings is 1. The van der Waals surface area contributed by atoms with Gasteiger partial charge in [-0.25, -0.2) is 4.98 Å². The summed E-state index contributed by atoms with van der Waals surface area (Å²) in [7, 11) is 0. The minimum atomic E-state index is -0.337. The van der Waals surface area contributed by atoms with Crippen molar-refractivity contribution in [2.45, 2.75) is 32.9 Å². The Morgan fingerprint density at radius 3 is 2.65 bits per heavy atom. The average molecular weight is 272 g/mol. The van der Waals surface area contributed by atoms with Crippen LogP contribution in [0.1, 0.15) is 20.8 Å². The minimum absolute atomic E-state index is 0.0424. The second-order valence-corrected chi connectivity index (χ2v) is 5.18. The van der Waals surface area contributed by atoms with E-state index in [2.05, 4.69) is 15.6 Å². The number of aromatic nitrogens is 1. The van der Waals surface area contributed by atoms with E-state index in [1.807, 2.05) is 51.1 Å². The van der Waals surface area contributed by atoms with Crippen LogP contribution < -0.4 is 16.4 Å². The molecule has 0 fully saturated rings. The summed E-state index contributed by atoms with van der Waals surface area (Å²) in [5.41, 5.74) is 7.29. The van der Waals surface area contributed by atoms with Gasteiger partial charge in [0.05, 0.1) is 5.52 Å². The Bertz CT molecular complexity index is 624. The molecule has 4 N–H and O–H groups in total. The molecular formula is C15H20N4O. The number of amides is 1. The van der Waals surface area contributed by atoms with Crippen LogP contribution in [-0.4, -0.2) is 23.0 Å². The second-order valence-electron chi connectivity index (χ2n) is 5.18. The summed E-state index contributed by atoms with van der Waals surface area (Å²) in [6.45, 7) is 5.68. The number of hydrogen-bond donors (Lipinski definition) is 3. The topological polar surface area (TPSA) is 80.0 Å². The minimum Gasteiger partial charge on any atom is -0.399 e. The number of carbonyl (C=O) groups is 1. The third-order valence-corrected chi connectivity index (χ3v) is 2.90. The Balaban J connectivity index is 2.13. The molecule has 0 aliphatic carbocycles. The first-order valence-electron chi connectivity index (χ1n) is 6.69. The zero-order valence-corrected chi connectivity index (χ0v) is 12.0. The standard InChI is InChI=1S/C15H20N4O/c1-9(2)17-15(20)10(3)18-14-7-4-11-8-12(16)5-6-13(11)19-14/h4-10H,16H2,1-3H3,(H,17,20)(H,18,19). The Morgan fingerprint density at radius 2 is 1.95 bits per heavy atom. The zero-order chi connectivity index (χ0) is 14.7. The molecule has 0 aliphatic rings. The number of pyridine rings is 1. The van der Waals surface area contributed by atoms with Crippen LogP contribution in [0.15, 0.2) is 30.3 Å². The first-order chi connectivity index (χ1) is 9.45. The second kappa shape index (κ2) is 5.77. The molecule has 0 radical (unpaired) electrons. The van der Waals surface area contributed by atoms with Crippen molar-refractivity contribution in [1.82, 2.24) is 10.3 Å². The third-order valence-electron chi connectivity index (χ3n) is 2.90. The van der Waals surface area contributed by atoms with E-state index in [-0.39, 0.29) is 18.0 Å². The Kier molecular flexibility index (Phi) is 4.08. The van der Waals surface area contributed by atoms with Crippen molar-refractivity contribution in [3.63, 3.8) is 0 Å². The van der Waals surface area contributed by atoms with Gasteiger partial charge < -0.3 is 16.4 Å². The van der Waals surface area contributed by atoms with Crippen molar-refractivity contribution in [1.29, 1.82) is 0 Å². The van der Waals surface area contributed by atoms with Crippen LogP contribution in [0, 0.1) is 0 Å². The smallest absolute Gasteiger partial charge is 0.242 e. The Morgan fingerprint density at radius 1 is 1.20 bits per heavy atom. The number of nitrogens with two attached hydrogens (primary N) is 1. The van der Waals surface area contributed by atoms with Gasteiger partial charge in [0.1, 0.15) is 11.9 Å². The SMILES string of the molecule is CC(C)NC(=O)C(C)Nc1ccc2cc(N)ccc2n1. The maximum atomic E-state index is 11.8. The lowest BCUT2D eigenvalue weighted by molar-refractivity contribution is -0.122. The van der Waals surface area contributed by atoms with Gasteiger partial charge in [-0.15, -0.1) is 0 Å². The predicted molar refractivity (Wildman–Crippen MR) is 82.5 cm³/mol. The fourth-order valence-corrected chi connectivity index (χ4v) is 1.92. The number of anilines is 2. The van der Waals surface area contributed by atoms with E-state index < -0.39 is 0 Å². The maximum Gasteiger partial charge on any atom is 0.242 e. The normalized spacial score (nSPS) is 12.4. The molecule has 0 spiro atoms. The van der Waals surface area contributed by atoms with Gasteiger partial charge in [-0.1, -0.05) is 0 Å². The maximum absolute atomic E-state index is 11.8. The van der Waals surface area contributed by atoms with Crippen LogP contribution >= 0.6 is 0 Å². The van der Waals surface area contributed by atoms with E-state index >= 15 is 0 Å². The van der Waals surface area contributed by atoms with Gasteiger partial charge in [-0.05, 0) is 51.1 Å². The largest absolute Gasteiger partial charge is 0.399 e. The number of nitrogen functional groups attached to an aromatic ring is 1. The average Bonchev–Trinajstić information content (AvgIpc) is 2.38. The van der Waals surface area contributed by atoms with Crippen LogP contribution in [0.4, 0.5) is 11.5 Å². The molecule has 2 rings (SSSR count). The highest BCUT2D eigenvalue weighted by Gasteiger charge is 2.13. The van der Waals surface area contributed by atoms with Crippen LogP contribution in [0.5, 0.6) is 0 Å². The highest BCUT2D eigenvalue weighted by Crippen LogP contribution is 2.18. The van der Waals surface area contributed by atoms with Gasteiger partial charge in [-0.3, -0.25) is 4.79 Å². The number of carbonyl (C=O) groups excluding carboxylic acids is 1. The summed E-state index contributed by atoms with van der Waals surface area (Å²) in [6.07, 6.45) is 0. The van der Waals surface area contributed by atoms with E-state index in [0.29, 0.717) is 11.5 Å². The van der Waals surface area contributed by atoms with Gasteiger partial charge in [0.25, 0.3) is 0 Å². The first kappa shape index (κ1) is 14.1. The van der Waals surface area contributed by atoms with Gasteiger partial charge >= 0.3 is 0 Å². The van der Waals surface area contributed by atoms with Crippen molar-refractivity contribution in [2.24, 2.45) is 0 Å². The summed E-state index contributed by atoms with van der Waals surface area (Å²) in [4.78, 5) is 16.3. The summed E-state index contributed by atoms with van der Waals surface area (Å²) in [5, 5.41) is 6.94. The van der Waals surface area contributed by atoms with Gasteiger partial charge in [0, 0.05) is 17.1 Å². The summed E-state index contributed by atoms with van der Waals surface area (Å²) < 4.78 is 0. The molecule has 1 aromatic heterocycles. The number of rotatable bonds is 4.